The lowest BCUT2D eigenvalue weighted by Crippen LogP contribution is -2.15. The van der Waals surface area contributed by atoms with E-state index in [1.165, 1.54) is 12.2 Å². The van der Waals surface area contributed by atoms with E-state index in [9.17, 15) is 9.59 Å². The van der Waals surface area contributed by atoms with Gasteiger partial charge in [-0.3, -0.25) is 9.59 Å². The van der Waals surface area contributed by atoms with Crippen molar-refractivity contribution in [3.05, 3.63) is 69.8 Å². The van der Waals surface area contributed by atoms with Crippen LogP contribution in [0.3, 0.4) is 0 Å². The van der Waals surface area contributed by atoms with E-state index in [1.54, 1.807) is 14.2 Å². The highest BCUT2D eigenvalue weighted by molar-refractivity contribution is 6.48. The molecule has 0 fully saturated rings. The molecule has 0 unspecified atom stereocenters. The summed E-state index contributed by atoms with van der Waals surface area (Å²) >= 11 is 0. The van der Waals surface area contributed by atoms with Crippen LogP contribution in [-0.4, -0.2) is 65.4 Å². The minimum atomic E-state index is -0.288. The number of carbonyl (C=O) groups is 2. The molecule has 0 aromatic heterocycles. The smallest absolute Gasteiger partial charge is 0.194 e. The first-order valence-corrected chi connectivity index (χ1v) is 12.6. The lowest BCUT2D eigenvalue weighted by atomic mass is 9.84. The molecule has 0 saturated carbocycles. The van der Waals surface area contributed by atoms with Crippen molar-refractivity contribution in [2.24, 2.45) is 0 Å². The first-order chi connectivity index (χ1) is 18.4. The van der Waals surface area contributed by atoms with Gasteiger partial charge in [0.1, 0.15) is 11.5 Å². The predicted octanol–water partition coefficient (Wildman–Crippen LogP) is 4.02. The monoisotopic (exact) mass is 522 g/mol. The molecule has 1 heterocycles. The van der Waals surface area contributed by atoms with Crippen molar-refractivity contribution in [3.63, 3.8) is 0 Å². The Hall–Kier alpha value is -3.30. The molecule has 2 aromatic rings. The van der Waals surface area contributed by atoms with E-state index >= 15 is 0 Å². The molecular weight excluding hydrogens is 488 g/mol. The number of allylic oxidation sites excluding steroid dienone is 4. The van der Waals surface area contributed by atoms with Gasteiger partial charge in [0.25, 0.3) is 0 Å². The third-order valence-electron chi connectivity index (χ3n) is 6.30. The van der Waals surface area contributed by atoms with Gasteiger partial charge >= 0.3 is 0 Å². The maximum absolute atomic E-state index is 14.0. The van der Waals surface area contributed by atoms with Crippen LogP contribution in [0, 0.1) is 13.8 Å². The fourth-order valence-corrected chi connectivity index (χ4v) is 4.72. The maximum atomic E-state index is 14.0. The van der Waals surface area contributed by atoms with Crippen LogP contribution in [0.2, 0.25) is 0 Å². The van der Waals surface area contributed by atoms with E-state index in [2.05, 4.69) is 0 Å². The van der Waals surface area contributed by atoms with Gasteiger partial charge in [0.15, 0.2) is 11.6 Å². The van der Waals surface area contributed by atoms with Gasteiger partial charge in [-0.05, 0) is 49.3 Å². The van der Waals surface area contributed by atoms with Crippen LogP contribution in [0.4, 0.5) is 0 Å². The number of methoxy groups -OCH3 is 2. The van der Waals surface area contributed by atoms with Crippen LogP contribution >= 0.6 is 0 Å². The van der Waals surface area contributed by atoms with Crippen molar-refractivity contribution in [3.8, 4) is 11.5 Å². The summed E-state index contributed by atoms with van der Waals surface area (Å²) in [6, 6.07) is 7.62. The molecule has 8 nitrogen and oxygen atoms in total. The van der Waals surface area contributed by atoms with Gasteiger partial charge in [-0.1, -0.05) is 12.1 Å². The summed E-state index contributed by atoms with van der Waals surface area (Å²) in [4.78, 5) is 26.9. The number of hydrogen-bond donors (Lipinski definition) is 0. The molecule has 8 heteroatoms. The van der Waals surface area contributed by atoms with Gasteiger partial charge < -0.3 is 28.4 Å². The lowest BCUT2D eigenvalue weighted by Gasteiger charge is -2.21. The topological polar surface area (TPSA) is 89.5 Å². The van der Waals surface area contributed by atoms with Crippen LogP contribution in [0.25, 0.3) is 11.1 Å². The molecule has 0 amide bonds. The second-order valence-electron chi connectivity index (χ2n) is 9.19. The number of ketones is 2. The molecule has 6 bridgehead atoms. The van der Waals surface area contributed by atoms with Crippen molar-refractivity contribution < 1.29 is 38.0 Å². The third-order valence-corrected chi connectivity index (χ3v) is 6.30. The first kappa shape index (κ1) is 27.7. The van der Waals surface area contributed by atoms with Crippen LogP contribution in [0.15, 0.2) is 36.4 Å². The highest BCUT2D eigenvalue weighted by Gasteiger charge is 2.30. The summed E-state index contributed by atoms with van der Waals surface area (Å²) < 4.78 is 34.3. The SMILES string of the molecule is COc1c2cc(C)cc1C1=CC(=O)C=C(C1=O)c1cc(C)cc(c1OC)COCCOCCOCCOC2. The van der Waals surface area contributed by atoms with Crippen molar-refractivity contribution in [1.29, 1.82) is 0 Å². The largest absolute Gasteiger partial charge is 0.496 e. The van der Waals surface area contributed by atoms with Gasteiger partial charge in [-0.25, -0.2) is 0 Å². The molecule has 4 rings (SSSR count). The van der Waals surface area contributed by atoms with Crippen LogP contribution in [0.1, 0.15) is 33.4 Å². The van der Waals surface area contributed by atoms with E-state index in [0.717, 1.165) is 22.3 Å². The zero-order valence-corrected chi connectivity index (χ0v) is 22.4. The van der Waals surface area contributed by atoms with Gasteiger partial charge in [-0.15, -0.1) is 0 Å². The molecule has 0 atom stereocenters. The summed E-state index contributed by atoms with van der Waals surface area (Å²) in [7, 11) is 3.09. The highest BCUT2D eigenvalue weighted by Crippen LogP contribution is 2.40. The van der Waals surface area contributed by atoms with Crippen molar-refractivity contribution in [2.45, 2.75) is 27.1 Å². The Morgan fingerprint density at radius 3 is 1.39 bits per heavy atom. The van der Waals surface area contributed by atoms with Gasteiger partial charge in [0.05, 0.1) is 67.1 Å². The molecule has 1 aliphatic heterocycles. The lowest BCUT2D eigenvalue weighted by molar-refractivity contribution is -0.112. The van der Waals surface area contributed by atoms with Crippen molar-refractivity contribution in [2.75, 3.05) is 53.9 Å². The zero-order chi connectivity index (χ0) is 27.1. The molecule has 202 valence electrons. The number of fused-ring (bicyclic) bond motifs is 8. The Morgan fingerprint density at radius 1 is 0.605 bits per heavy atom. The Balaban J connectivity index is 1.79. The fraction of sp³-hybridized carbons (Fsp3) is 0.400. The summed E-state index contributed by atoms with van der Waals surface area (Å²) in [6.07, 6.45) is 2.73. The Labute approximate surface area is 223 Å². The van der Waals surface area contributed by atoms with E-state index in [4.69, 9.17) is 28.4 Å². The second kappa shape index (κ2) is 13.0. The summed E-state index contributed by atoms with van der Waals surface area (Å²) in [5, 5.41) is 0. The quantitative estimate of drug-likeness (QED) is 0.547. The van der Waals surface area contributed by atoms with Gasteiger partial charge in [0.2, 0.25) is 0 Å². The standard InChI is InChI=1S/C30H34O8/c1-19-11-21-17-37-9-7-35-5-6-36-8-10-38-18-22-12-20(2)14-27(30(22)34-4)25-16-23(31)15-24(28(25)32)26(13-19)29(21)33-3/h11-16H,5-10,17-18H2,1-4H3. The van der Waals surface area contributed by atoms with Crippen LogP contribution < -0.4 is 9.47 Å². The normalized spacial score (nSPS) is 17.7. The summed E-state index contributed by atoms with van der Waals surface area (Å²) in [5.74, 6) is 0.415. The molecular formula is C30H34O8. The van der Waals surface area contributed by atoms with Crippen LogP contribution in [-0.2, 0) is 41.8 Å². The number of aryl methyl sites for hydroxylation is 2. The molecule has 0 spiro atoms. The molecule has 1 aliphatic carbocycles. The Morgan fingerprint density at radius 2 is 1.00 bits per heavy atom. The van der Waals surface area contributed by atoms with Crippen molar-refractivity contribution >= 4 is 22.7 Å². The number of benzene rings is 2. The summed E-state index contributed by atoms with van der Waals surface area (Å²) in [6.45, 7) is 6.91. The van der Waals surface area contributed by atoms with E-state index in [1.807, 2.05) is 38.1 Å². The first-order valence-electron chi connectivity index (χ1n) is 12.6. The van der Waals surface area contributed by atoms with Gasteiger partial charge in [-0.2, -0.15) is 0 Å². The molecule has 0 radical (unpaired) electrons. The molecule has 2 aromatic carbocycles. The Bertz CT molecular complexity index is 1160. The zero-order valence-electron chi connectivity index (χ0n) is 22.4. The van der Waals surface area contributed by atoms with E-state index in [-0.39, 0.29) is 35.9 Å². The molecule has 0 saturated heterocycles. The second-order valence-corrected chi connectivity index (χ2v) is 9.19. The molecule has 2 aliphatic rings. The van der Waals surface area contributed by atoms with Crippen molar-refractivity contribution in [1.82, 2.24) is 0 Å². The maximum Gasteiger partial charge on any atom is 0.194 e. The molecule has 0 N–H and O–H groups in total. The minimum absolute atomic E-state index is 0.266. The third kappa shape index (κ3) is 6.39. The number of carbonyl (C=O) groups excluding carboxylic acids is 2. The fourth-order valence-electron chi connectivity index (χ4n) is 4.72. The number of hydrogen-bond acceptors (Lipinski definition) is 8. The summed E-state index contributed by atoms with van der Waals surface area (Å²) in [5.41, 5.74) is 5.01. The number of rotatable bonds is 2. The number of Topliss-reactive ketones (excluding diaryl/α,β-unsaturated/α-hetero) is 1. The highest BCUT2D eigenvalue weighted by atomic mass is 16.6. The average molecular weight is 523 g/mol. The molecule has 38 heavy (non-hydrogen) atoms. The number of ether oxygens (including phenoxy) is 6. The van der Waals surface area contributed by atoms with Gasteiger partial charge in [0, 0.05) is 33.4 Å². The minimum Gasteiger partial charge on any atom is -0.496 e. The van der Waals surface area contributed by atoms with E-state index in [0.29, 0.717) is 62.3 Å². The average Bonchev–Trinajstić information content (AvgIpc) is 2.89. The van der Waals surface area contributed by atoms with E-state index < -0.39 is 0 Å². The Kier molecular flexibility index (Phi) is 9.47. The van der Waals surface area contributed by atoms with Crippen LogP contribution in [0.5, 0.6) is 11.5 Å². The predicted molar refractivity (Wildman–Crippen MR) is 142 cm³/mol.